The van der Waals surface area contributed by atoms with Crippen LogP contribution in [0, 0.1) is 5.92 Å². The number of hydrogen-bond donors (Lipinski definition) is 1. The molecule has 1 atom stereocenters. The Labute approximate surface area is 179 Å². The second kappa shape index (κ2) is 8.33. The molecule has 30 heavy (non-hydrogen) atoms. The average molecular weight is 446 g/mol. The number of nitrogens with zero attached hydrogens (tertiary/aromatic N) is 2. The number of hydrogen-bond acceptors (Lipinski definition) is 6. The molecule has 0 unspecified atom stereocenters. The molecular weight excluding hydrogens is 422 g/mol. The Balaban J connectivity index is 1.49. The summed E-state index contributed by atoms with van der Waals surface area (Å²) in [5, 5.41) is 3.25. The predicted molar refractivity (Wildman–Crippen MR) is 118 cm³/mol. The van der Waals surface area contributed by atoms with Crippen LogP contribution in [0.4, 0.5) is 5.13 Å². The molecule has 1 saturated heterocycles. The van der Waals surface area contributed by atoms with Gasteiger partial charge in [-0.1, -0.05) is 18.3 Å². The maximum atomic E-state index is 12.9. The van der Waals surface area contributed by atoms with E-state index < -0.39 is 10.0 Å². The van der Waals surface area contributed by atoms with Gasteiger partial charge in [-0.05, 0) is 61.2 Å². The van der Waals surface area contributed by atoms with Crippen LogP contribution in [0.1, 0.15) is 30.1 Å². The van der Waals surface area contributed by atoms with Crippen molar-refractivity contribution in [2.45, 2.75) is 24.7 Å². The number of benzene rings is 2. The van der Waals surface area contributed by atoms with Gasteiger partial charge >= 0.3 is 0 Å². The van der Waals surface area contributed by atoms with Crippen molar-refractivity contribution in [1.82, 2.24) is 9.29 Å². The zero-order chi connectivity index (χ0) is 21.3. The number of sulfonamides is 1. The third-order valence-electron chi connectivity index (χ3n) is 5.19. The molecule has 158 valence electrons. The molecule has 7 nitrogen and oxygen atoms in total. The molecule has 1 amide bonds. The number of amides is 1. The summed E-state index contributed by atoms with van der Waals surface area (Å²) in [6.07, 6.45) is 1.92. The Morgan fingerprint density at radius 3 is 2.70 bits per heavy atom. The highest BCUT2D eigenvalue weighted by Crippen LogP contribution is 2.29. The normalized spacial score (nSPS) is 17.7. The van der Waals surface area contributed by atoms with Crippen LogP contribution in [-0.4, -0.2) is 43.8 Å². The molecule has 0 radical (unpaired) electrons. The Kier molecular flexibility index (Phi) is 5.77. The maximum Gasteiger partial charge on any atom is 0.257 e. The van der Waals surface area contributed by atoms with E-state index in [0.717, 1.165) is 28.8 Å². The summed E-state index contributed by atoms with van der Waals surface area (Å²) in [5.41, 5.74) is 1.14. The maximum absolute atomic E-state index is 12.9. The summed E-state index contributed by atoms with van der Waals surface area (Å²) in [5.74, 6) is 0.743. The van der Waals surface area contributed by atoms with Crippen molar-refractivity contribution in [2.75, 3.05) is 25.5 Å². The molecule has 2 aromatic carbocycles. The first kappa shape index (κ1) is 20.8. The lowest BCUT2D eigenvalue weighted by Gasteiger charge is -2.30. The van der Waals surface area contributed by atoms with E-state index in [-0.39, 0.29) is 10.8 Å². The first-order valence-corrected chi connectivity index (χ1v) is 12.0. The lowest BCUT2D eigenvalue weighted by atomic mass is 10.0. The minimum absolute atomic E-state index is 0.209. The van der Waals surface area contributed by atoms with E-state index in [1.165, 1.54) is 39.9 Å². The lowest BCUT2D eigenvalue weighted by Crippen LogP contribution is -2.39. The fraction of sp³-hybridized carbons (Fsp3) is 0.333. The Bertz CT molecular complexity index is 1170. The number of fused-ring (bicyclic) bond motifs is 1. The van der Waals surface area contributed by atoms with E-state index in [0.29, 0.717) is 29.7 Å². The van der Waals surface area contributed by atoms with Crippen LogP contribution in [0.25, 0.3) is 10.2 Å². The van der Waals surface area contributed by atoms with Crippen molar-refractivity contribution >= 4 is 42.6 Å². The molecule has 3 aromatic rings. The molecule has 1 aliphatic rings. The Hall–Kier alpha value is -2.49. The fourth-order valence-electron chi connectivity index (χ4n) is 3.55. The first-order valence-electron chi connectivity index (χ1n) is 9.73. The van der Waals surface area contributed by atoms with Crippen LogP contribution in [0.5, 0.6) is 5.75 Å². The molecule has 1 aromatic heterocycles. The van der Waals surface area contributed by atoms with E-state index in [9.17, 15) is 13.2 Å². The van der Waals surface area contributed by atoms with Gasteiger partial charge in [-0.3, -0.25) is 10.1 Å². The van der Waals surface area contributed by atoms with E-state index in [1.54, 1.807) is 7.11 Å². The molecule has 4 rings (SSSR count). The van der Waals surface area contributed by atoms with Gasteiger partial charge in [-0.25, -0.2) is 13.4 Å². The molecule has 0 saturated carbocycles. The van der Waals surface area contributed by atoms with Gasteiger partial charge in [0, 0.05) is 18.7 Å². The van der Waals surface area contributed by atoms with E-state index in [2.05, 4.69) is 17.2 Å². The van der Waals surface area contributed by atoms with Crippen molar-refractivity contribution in [1.29, 1.82) is 0 Å². The number of piperidine rings is 1. The third-order valence-corrected chi connectivity index (χ3v) is 8.00. The van der Waals surface area contributed by atoms with Crippen LogP contribution >= 0.6 is 11.3 Å². The van der Waals surface area contributed by atoms with Crippen molar-refractivity contribution in [3.05, 3.63) is 48.0 Å². The summed E-state index contributed by atoms with van der Waals surface area (Å²) in [6.45, 7) is 3.14. The van der Waals surface area contributed by atoms with Gasteiger partial charge in [0.05, 0.1) is 22.2 Å². The topological polar surface area (TPSA) is 88.6 Å². The number of methoxy groups -OCH3 is 1. The van der Waals surface area contributed by atoms with Gasteiger partial charge in [0.2, 0.25) is 10.0 Å². The molecule has 1 aliphatic heterocycles. The number of aromatic nitrogens is 1. The summed E-state index contributed by atoms with van der Waals surface area (Å²) in [7, 11) is -1.94. The summed E-state index contributed by atoms with van der Waals surface area (Å²) >= 11 is 1.35. The predicted octanol–water partition coefficient (Wildman–Crippen LogP) is 3.98. The van der Waals surface area contributed by atoms with Crippen molar-refractivity contribution in [3.63, 3.8) is 0 Å². The Morgan fingerprint density at radius 1 is 1.23 bits per heavy atom. The summed E-state index contributed by atoms with van der Waals surface area (Å²) in [4.78, 5) is 17.2. The zero-order valence-corrected chi connectivity index (χ0v) is 18.4. The van der Waals surface area contributed by atoms with Gasteiger partial charge in [0.1, 0.15) is 5.75 Å². The SMILES string of the molecule is COc1ccc2nc(NC(=O)c3ccc(S(=O)(=O)N4CCC[C@H](C)C4)cc3)sc2c1. The monoisotopic (exact) mass is 445 g/mol. The average Bonchev–Trinajstić information content (AvgIpc) is 3.15. The van der Waals surface area contributed by atoms with Gasteiger partial charge < -0.3 is 4.74 Å². The summed E-state index contributed by atoms with van der Waals surface area (Å²) < 4.78 is 33.4. The van der Waals surface area contributed by atoms with Gasteiger partial charge in [0.25, 0.3) is 5.91 Å². The molecule has 2 heterocycles. The third kappa shape index (κ3) is 4.19. The van der Waals surface area contributed by atoms with Crippen LogP contribution in [0.3, 0.4) is 0 Å². The van der Waals surface area contributed by atoms with E-state index in [1.807, 2.05) is 18.2 Å². The quantitative estimate of drug-likeness (QED) is 0.642. The van der Waals surface area contributed by atoms with Crippen molar-refractivity contribution < 1.29 is 17.9 Å². The number of rotatable bonds is 5. The van der Waals surface area contributed by atoms with Crippen LogP contribution in [0.2, 0.25) is 0 Å². The molecule has 0 spiro atoms. The number of carbonyl (C=O) groups is 1. The molecule has 1 N–H and O–H groups in total. The smallest absolute Gasteiger partial charge is 0.257 e. The van der Waals surface area contributed by atoms with Gasteiger partial charge in [-0.15, -0.1) is 0 Å². The number of carbonyl (C=O) groups excluding carboxylic acids is 1. The minimum Gasteiger partial charge on any atom is -0.497 e. The highest BCUT2D eigenvalue weighted by molar-refractivity contribution is 7.89. The van der Waals surface area contributed by atoms with Crippen LogP contribution < -0.4 is 10.1 Å². The van der Waals surface area contributed by atoms with Gasteiger partial charge in [0.15, 0.2) is 5.13 Å². The molecule has 0 bridgehead atoms. The summed E-state index contributed by atoms with van der Waals surface area (Å²) in [6, 6.07) is 11.6. The standard InChI is InChI=1S/C21H23N3O4S2/c1-14-4-3-11-24(13-14)30(26,27)17-8-5-15(6-9-17)20(25)23-21-22-18-10-7-16(28-2)12-19(18)29-21/h5-10,12,14H,3-4,11,13H2,1-2H3,(H,22,23,25)/t14-/m0/s1. The molecular formula is C21H23N3O4S2. The lowest BCUT2D eigenvalue weighted by molar-refractivity contribution is 0.102. The fourth-order valence-corrected chi connectivity index (χ4v) is 6.03. The van der Waals surface area contributed by atoms with Crippen LogP contribution in [-0.2, 0) is 10.0 Å². The number of thiazole rings is 1. The zero-order valence-electron chi connectivity index (χ0n) is 16.8. The molecule has 0 aliphatic carbocycles. The molecule has 1 fully saturated rings. The molecule has 9 heteroatoms. The second-order valence-corrected chi connectivity index (χ2v) is 10.4. The number of nitrogens with one attached hydrogen (secondary N) is 1. The minimum atomic E-state index is -3.54. The number of anilines is 1. The van der Waals surface area contributed by atoms with E-state index >= 15 is 0 Å². The van der Waals surface area contributed by atoms with Crippen LogP contribution in [0.15, 0.2) is 47.4 Å². The first-order chi connectivity index (χ1) is 14.4. The highest BCUT2D eigenvalue weighted by atomic mass is 32.2. The largest absolute Gasteiger partial charge is 0.497 e. The Morgan fingerprint density at radius 2 is 2.00 bits per heavy atom. The highest BCUT2D eigenvalue weighted by Gasteiger charge is 2.28. The van der Waals surface area contributed by atoms with E-state index in [4.69, 9.17) is 4.74 Å². The van der Waals surface area contributed by atoms with Crippen molar-refractivity contribution in [3.8, 4) is 5.75 Å². The van der Waals surface area contributed by atoms with Gasteiger partial charge in [-0.2, -0.15) is 4.31 Å². The number of ether oxygens (including phenoxy) is 1. The second-order valence-electron chi connectivity index (χ2n) is 7.44. The van der Waals surface area contributed by atoms with Crippen molar-refractivity contribution in [2.24, 2.45) is 5.92 Å².